The van der Waals surface area contributed by atoms with E-state index in [0.717, 1.165) is 77.2 Å². The Bertz CT molecular complexity index is 2980. The van der Waals surface area contributed by atoms with Crippen LogP contribution >= 0.6 is 22.7 Å². The van der Waals surface area contributed by atoms with Crippen LogP contribution in [0, 0.1) is 37.3 Å². The van der Waals surface area contributed by atoms with Crippen molar-refractivity contribution in [3.8, 4) is 39.1 Å². The zero-order valence-electron chi connectivity index (χ0n) is 57.8. The summed E-state index contributed by atoms with van der Waals surface area (Å²) in [5.41, 5.74) is 3.23. The molecule has 0 saturated carbocycles. The van der Waals surface area contributed by atoms with Gasteiger partial charge in [-0.1, -0.05) is 207 Å². The van der Waals surface area contributed by atoms with Crippen molar-refractivity contribution in [1.82, 2.24) is 9.13 Å². The number of aromatic nitrogens is 2. The quantitative estimate of drug-likeness (QED) is 0.0282. The van der Waals surface area contributed by atoms with Gasteiger partial charge in [0.1, 0.15) is 0 Å². The fourth-order valence-corrected chi connectivity index (χ4v) is 20.2. The molecule has 0 amide bonds. The number of fused-ring (bicyclic) bond motifs is 1. The number of rotatable bonds is 54. The third-order valence-corrected chi connectivity index (χ3v) is 26.7. The smallest absolute Gasteiger partial charge is 0.0654 e. The summed E-state index contributed by atoms with van der Waals surface area (Å²) in [5, 5.41) is 0. The van der Waals surface area contributed by atoms with Gasteiger partial charge in [0.15, 0.2) is 0 Å². The molecule has 6 aromatic heterocycles. The normalized spacial score (nSPS) is 12.6. The van der Waals surface area contributed by atoms with Crippen molar-refractivity contribution in [2.75, 3.05) is 0 Å². The van der Waals surface area contributed by atoms with Gasteiger partial charge < -0.3 is 0 Å². The van der Waals surface area contributed by atoms with Crippen molar-refractivity contribution in [3.05, 3.63) is 90.2 Å². The summed E-state index contributed by atoms with van der Waals surface area (Å²) in [5.74, 6) is 0.662. The van der Waals surface area contributed by atoms with E-state index in [1.54, 1.807) is 6.07 Å². The number of unbranched alkanes of at least 4 members (excludes halogenated alkanes) is 34. The van der Waals surface area contributed by atoms with Gasteiger partial charge in [-0.25, -0.2) is 0 Å². The molecule has 4 nitrogen and oxygen atoms in total. The molecule has 0 radical (unpaired) electrons. The second-order valence-electron chi connectivity index (χ2n) is 27.4. The minimum Gasteiger partial charge on any atom is -0.0654 e. The number of thiophene rings is 2. The van der Waals surface area contributed by atoms with Gasteiger partial charge in [-0.2, -0.15) is 0 Å². The molecule has 0 bridgehead atoms. The Morgan fingerprint density at radius 1 is 0.367 bits per heavy atom. The standard InChI is InChI=1S/C80H124F2N2O2S2Se2/c1-7-11-15-19-23-27-29-33-37-41-49-65(47-39-35-31-25-21-17-13-9-3)51-43-45-57-83-72-61-68(75-55-56-76(90-75)73-62-70(82)78(88-73)77-69(81)59-63(5)87-77)80(86)84(71(72)60-67(79(83)85)74-54-53-64(6)89-74)58-46-44-52-66(48-40-36-32-26-22-18-14-10-4)50-42-38-34-30-28-24-20-16-12-8-2/h53-56,59-62,65-66H,7-52,57-58H2,1-6H3. The van der Waals surface area contributed by atoms with E-state index in [2.05, 4.69) is 80.2 Å². The molecule has 6 heterocycles. The Kier molecular flexibility index (Phi) is 38.8. The molecule has 0 aliphatic heterocycles. The molecule has 0 N–H and O–H groups in total. The van der Waals surface area contributed by atoms with Crippen LogP contribution in [0.2, 0.25) is 0 Å². The number of hydrogen-bond donors (Lipinski definition) is 0. The van der Waals surface area contributed by atoms with Crippen LogP contribution in [0.15, 0.2) is 58.1 Å². The Morgan fingerprint density at radius 3 is 1.02 bits per heavy atom. The predicted octanol–water partition coefficient (Wildman–Crippen LogP) is 26.2. The average Bonchev–Trinajstić information content (AvgIpc) is 1.28. The number of aryl methyl sites for hydroxylation is 4. The van der Waals surface area contributed by atoms with Crippen molar-refractivity contribution < 1.29 is 8.78 Å². The number of hydrogen-bond acceptors (Lipinski definition) is 4. The van der Waals surface area contributed by atoms with E-state index < -0.39 is 5.82 Å². The molecule has 0 saturated heterocycles. The molecule has 0 aromatic carbocycles. The van der Waals surface area contributed by atoms with Gasteiger partial charge in [0.2, 0.25) is 0 Å². The molecule has 0 spiro atoms. The third kappa shape index (κ3) is 27.3. The molecule has 10 heteroatoms. The molecule has 504 valence electrons. The SMILES string of the molecule is CCCCCCCCCCCCC(CCCCCCCCCC)CCCCn1c(=O)c(-c2ccc(C)[se]2)cc2c1cc(-c1ccc(-c3cc(F)c(-c4sc(C)cc4F)s3)[se]1)c(=O)n2CCCCC(CCCCCCCCCC)CCCCCCCCCCCC. The van der Waals surface area contributed by atoms with E-state index in [9.17, 15) is 0 Å². The summed E-state index contributed by atoms with van der Waals surface area (Å²) >= 11 is 2.35. The fourth-order valence-electron chi connectivity index (χ4n) is 14.0. The van der Waals surface area contributed by atoms with E-state index in [4.69, 9.17) is 0 Å². The van der Waals surface area contributed by atoms with Crippen molar-refractivity contribution in [2.45, 2.75) is 350 Å². The summed E-state index contributed by atoms with van der Waals surface area (Å²) in [6, 6.07) is 15.7. The second-order valence-corrected chi connectivity index (χ2v) is 34.7. The van der Waals surface area contributed by atoms with Crippen molar-refractivity contribution >= 4 is 62.7 Å². The van der Waals surface area contributed by atoms with Crippen LogP contribution in [-0.2, 0) is 13.1 Å². The van der Waals surface area contributed by atoms with Gasteiger partial charge in [-0.15, -0.1) is 0 Å². The maximum absolute atomic E-state index is 15.8. The van der Waals surface area contributed by atoms with Gasteiger partial charge in [-0.05, 0) is 0 Å². The van der Waals surface area contributed by atoms with E-state index in [1.807, 2.05) is 6.92 Å². The first-order valence-electron chi connectivity index (χ1n) is 37.6. The zero-order valence-corrected chi connectivity index (χ0v) is 62.9. The Morgan fingerprint density at radius 2 is 0.678 bits per heavy atom. The van der Waals surface area contributed by atoms with Crippen molar-refractivity contribution in [2.24, 2.45) is 11.8 Å². The van der Waals surface area contributed by atoms with Crippen LogP contribution in [0.25, 0.3) is 50.1 Å². The number of nitrogens with zero attached hydrogens (tertiary/aromatic N) is 2. The average molecular weight is 1410 g/mol. The van der Waals surface area contributed by atoms with Gasteiger partial charge in [0.05, 0.1) is 0 Å². The molecular weight excluding hydrogens is 1280 g/mol. The van der Waals surface area contributed by atoms with E-state index >= 15 is 18.4 Å². The third-order valence-electron chi connectivity index (χ3n) is 19.5. The van der Waals surface area contributed by atoms with Gasteiger partial charge in [0.25, 0.3) is 0 Å². The zero-order chi connectivity index (χ0) is 64.0. The Hall–Kier alpha value is -2.58. The molecule has 2 unspecified atom stereocenters. The van der Waals surface area contributed by atoms with Gasteiger partial charge >= 0.3 is 364 Å². The van der Waals surface area contributed by atoms with E-state index in [-0.39, 0.29) is 45.9 Å². The van der Waals surface area contributed by atoms with Gasteiger partial charge in [0, 0.05) is 0 Å². The Labute approximate surface area is 567 Å². The minimum absolute atomic E-state index is 0.00690. The predicted molar refractivity (Wildman–Crippen MR) is 395 cm³/mol. The van der Waals surface area contributed by atoms with Crippen LogP contribution in [0.3, 0.4) is 0 Å². The van der Waals surface area contributed by atoms with E-state index in [1.165, 1.54) is 303 Å². The van der Waals surface area contributed by atoms with Gasteiger partial charge in [-0.3, -0.25) is 0 Å². The second kappa shape index (κ2) is 45.7. The molecular formula is C80H124F2N2O2S2Se2. The Balaban J connectivity index is 1.26. The van der Waals surface area contributed by atoms with E-state index in [0.29, 0.717) is 28.4 Å². The molecule has 6 rings (SSSR count). The molecule has 6 aromatic rings. The number of halogens is 2. The first-order chi connectivity index (χ1) is 44.1. The minimum atomic E-state index is -0.403. The van der Waals surface area contributed by atoms with Crippen molar-refractivity contribution in [3.63, 3.8) is 0 Å². The summed E-state index contributed by atoms with van der Waals surface area (Å²) in [4.78, 5) is 33.1. The maximum atomic E-state index is 15.8. The summed E-state index contributed by atoms with van der Waals surface area (Å²) < 4.78 is 39.3. The first kappa shape index (κ1) is 76.4. The fraction of sp³-hybridized carbons (Fsp3) is 0.700. The summed E-state index contributed by atoms with van der Waals surface area (Å²) in [6.45, 7) is 14.5. The van der Waals surface area contributed by atoms with Crippen LogP contribution in [0.1, 0.15) is 332 Å². The van der Waals surface area contributed by atoms with Crippen LogP contribution in [0.5, 0.6) is 0 Å². The molecule has 2 atom stereocenters. The monoisotopic (exact) mass is 1410 g/mol. The van der Waals surface area contributed by atoms with Crippen LogP contribution < -0.4 is 11.1 Å². The molecule has 0 fully saturated rings. The number of pyridine rings is 2. The topological polar surface area (TPSA) is 44.0 Å². The van der Waals surface area contributed by atoms with Crippen molar-refractivity contribution in [1.29, 1.82) is 0 Å². The molecule has 0 aliphatic carbocycles. The van der Waals surface area contributed by atoms with Crippen LogP contribution in [0.4, 0.5) is 8.78 Å². The summed E-state index contributed by atoms with van der Waals surface area (Å²) in [7, 11) is 0. The molecule has 0 aliphatic rings. The summed E-state index contributed by atoms with van der Waals surface area (Å²) in [6.07, 6.45) is 60.6. The molecule has 90 heavy (non-hydrogen) atoms. The van der Waals surface area contributed by atoms with Crippen LogP contribution in [-0.4, -0.2) is 38.1 Å². The first-order valence-corrected chi connectivity index (χ1v) is 42.7.